The number of pyridine rings is 1. The predicted molar refractivity (Wildman–Crippen MR) is 68.1 cm³/mol. The SMILES string of the molecule is NC(COc1ccc(C(F)(F)F)cc1)c1ccccn1. The standard InChI is InChI=1S/C14H13F3N2O/c15-14(16,17)10-4-6-11(7-5-10)20-9-12(18)13-3-1-2-8-19-13/h1-8,12H,9,18H2. The van der Waals surface area contributed by atoms with Crippen LogP contribution in [0.5, 0.6) is 5.75 Å². The number of hydrogen-bond acceptors (Lipinski definition) is 3. The second-order valence-corrected chi connectivity index (χ2v) is 4.19. The second kappa shape index (κ2) is 5.92. The Hall–Kier alpha value is -2.08. The first-order valence-electron chi connectivity index (χ1n) is 5.93. The number of halogens is 3. The van der Waals surface area contributed by atoms with Crippen LogP contribution in [0.25, 0.3) is 0 Å². The van der Waals surface area contributed by atoms with E-state index in [9.17, 15) is 13.2 Å². The topological polar surface area (TPSA) is 48.1 Å². The third kappa shape index (κ3) is 3.71. The van der Waals surface area contributed by atoms with Gasteiger partial charge in [-0.05, 0) is 36.4 Å². The molecule has 1 aromatic heterocycles. The maximum absolute atomic E-state index is 12.4. The molecule has 0 amide bonds. The molecular formula is C14H13F3N2O. The monoisotopic (exact) mass is 282 g/mol. The van der Waals surface area contributed by atoms with E-state index in [4.69, 9.17) is 10.5 Å². The van der Waals surface area contributed by atoms with Crippen molar-refractivity contribution in [2.75, 3.05) is 6.61 Å². The zero-order chi connectivity index (χ0) is 14.6. The molecule has 0 saturated heterocycles. The fraction of sp³-hybridized carbons (Fsp3) is 0.214. The zero-order valence-corrected chi connectivity index (χ0v) is 10.5. The Kier molecular flexibility index (Phi) is 4.24. The van der Waals surface area contributed by atoms with E-state index in [-0.39, 0.29) is 6.61 Å². The van der Waals surface area contributed by atoms with Gasteiger partial charge in [0.1, 0.15) is 12.4 Å². The van der Waals surface area contributed by atoms with Crippen molar-refractivity contribution in [2.45, 2.75) is 12.2 Å². The van der Waals surface area contributed by atoms with E-state index in [0.717, 1.165) is 12.1 Å². The summed E-state index contributed by atoms with van der Waals surface area (Å²) in [5.41, 5.74) is 5.83. The summed E-state index contributed by atoms with van der Waals surface area (Å²) in [5, 5.41) is 0. The lowest BCUT2D eigenvalue weighted by molar-refractivity contribution is -0.137. The smallest absolute Gasteiger partial charge is 0.416 e. The molecular weight excluding hydrogens is 269 g/mol. The van der Waals surface area contributed by atoms with Crippen LogP contribution in [0.2, 0.25) is 0 Å². The molecule has 0 aliphatic rings. The predicted octanol–water partition coefficient (Wildman–Crippen LogP) is 3.18. The first-order chi connectivity index (χ1) is 9.47. The van der Waals surface area contributed by atoms with Crippen LogP contribution in [0.1, 0.15) is 17.3 Å². The Morgan fingerprint density at radius 1 is 1.10 bits per heavy atom. The molecule has 106 valence electrons. The summed E-state index contributed by atoms with van der Waals surface area (Å²) in [6.45, 7) is 0.141. The van der Waals surface area contributed by atoms with E-state index >= 15 is 0 Å². The maximum Gasteiger partial charge on any atom is 0.416 e. The van der Waals surface area contributed by atoms with Crippen LogP contribution in [0.3, 0.4) is 0 Å². The molecule has 0 saturated carbocycles. The van der Waals surface area contributed by atoms with E-state index in [2.05, 4.69) is 4.98 Å². The van der Waals surface area contributed by atoms with Crippen molar-refractivity contribution in [3.8, 4) is 5.75 Å². The highest BCUT2D eigenvalue weighted by Crippen LogP contribution is 2.30. The van der Waals surface area contributed by atoms with Crippen molar-refractivity contribution in [1.82, 2.24) is 4.98 Å². The molecule has 2 rings (SSSR count). The lowest BCUT2D eigenvalue weighted by Crippen LogP contribution is -2.20. The van der Waals surface area contributed by atoms with Crippen LogP contribution in [-0.2, 0) is 6.18 Å². The number of aromatic nitrogens is 1. The van der Waals surface area contributed by atoms with Gasteiger partial charge in [-0.15, -0.1) is 0 Å². The lowest BCUT2D eigenvalue weighted by Gasteiger charge is -2.13. The van der Waals surface area contributed by atoms with Crippen LogP contribution in [0, 0.1) is 0 Å². The van der Waals surface area contributed by atoms with Crippen molar-refractivity contribution < 1.29 is 17.9 Å². The van der Waals surface area contributed by atoms with Crippen LogP contribution in [-0.4, -0.2) is 11.6 Å². The van der Waals surface area contributed by atoms with Gasteiger partial charge in [0.05, 0.1) is 17.3 Å². The average Bonchev–Trinajstić information content (AvgIpc) is 2.45. The van der Waals surface area contributed by atoms with E-state index in [1.807, 2.05) is 0 Å². The molecule has 0 fully saturated rings. The quantitative estimate of drug-likeness (QED) is 0.937. The zero-order valence-electron chi connectivity index (χ0n) is 10.5. The van der Waals surface area contributed by atoms with Gasteiger partial charge in [-0.2, -0.15) is 13.2 Å². The van der Waals surface area contributed by atoms with Crippen LogP contribution in [0.4, 0.5) is 13.2 Å². The normalized spacial score (nSPS) is 13.0. The van der Waals surface area contributed by atoms with E-state index < -0.39 is 17.8 Å². The number of rotatable bonds is 4. The highest BCUT2D eigenvalue weighted by atomic mass is 19.4. The number of ether oxygens (including phenoxy) is 1. The molecule has 0 bridgehead atoms. The number of alkyl halides is 3. The van der Waals surface area contributed by atoms with Crippen LogP contribution < -0.4 is 10.5 Å². The van der Waals surface area contributed by atoms with Crippen molar-refractivity contribution in [3.63, 3.8) is 0 Å². The number of nitrogens with zero attached hydrogens (tertiary/aromatic N) is 1. The minimum absolute atomic E-state index is 0.141. The van der Waals surface area contributed by atoms with Gasteiger partial charge >= 0.3 is 6.18 Å². The molecule has 1 atom stereocenters. The van der Waals surface area contributed by atoms with E-state index in [0.29, 0.717) is 11.4 Å². The first kappa shape index (κ1) is 14.3. The molecule has 1 aromatic carbocycles. The largest absolute Gasteiger partial charge is 0.492 e. The van der Waals surface area contributed by atoms with Crippen LogP contribution in [0.15, 0.2) is 48.7 Å². The summed E-state index contributed by atoms with van der Waals surface area (Å²) in [7, 11) is 0. The number of nitrogens with two attached hydrogens (primary N) is 1. The van der Waals surface area contributed by atoms with Gasteiger partial charge < -0.3 is 10.5 Å². The summed E-state index contributed by atoms with van der Waals surface area (Å²) < 4.78 is 42.5. The van der Waals surface area contributed by atoms with Gasteiger partial charge in [0.15, 0.2) is 0 Å². The number of benzene rings is 1. The van der Waals surface area contributed by atoms with Gasteiger partial charge in [-0.25, -0.2) is 0 Å². The molecule has 0 spiro atoms. The van der Waals surface area contributed by atoms with Crippen molar-refractivity contribution >= 4 is 0 Å². The van der Waals surface area contributed by atoms with Gasteiger partial charge in [0, 0.05) is 6.20 Å². The molecule has 0 radical (unpaired) electrons. The van der Waals surface area contributed by atoms with Gasteiger partial charge in [0.25, 0.3) is 0 Å². The molecule has 2 N–H and O–H groups in total. The third-order valence-corrected chi connectivity index (χ3v) is 2.68. The van der Waals surface area contributed by atoms with Crippen LogP contribution >= 0.6 is 0 Å². The molecule has 0 aliphatic carbocycles. The molecule has 2 aromatic rings. The van der Waals surface area contributed by atoms with Crippen molar-refractivity contribution in [2.24, 2.45) is 5.73 Å². The minimum Gasteiger partial charge on any atom is -0.492 e. The third-order valence-electron chi connectivity index (χ3n) is 2.68. The molecule has 1 unspecified atom stereocenters. The van der Waals surface area contributed by atoms with E-state index in [1.54, 1.807) is 24.4 Å². The molecule has 6 heteroatoms. The summed E-state index contributed by atoms with van der Waals surface area (Å²) in [6, 6.07) is 9.40. The summed E-state index contributed by atoms with van der Waals surface area (Å²) in [5.74, 6) is 0.337. The molecule has 0 aliphatic heterocycles. The Morgan fingerprint density at radius 2 is 1.80 bits per heavy atom. The van der Waals surface area contributed by atoms with Gasteiger partial charge in [0.2, 0.25) is 0 Å². The van der Waals surface area contributed by atoms with Gasteiger partial charge in [-0.3, -0.25) is 4.98 Å². The highest BCUT2D eigenvalue weighted by molar-refractivity contribution is 5.29. The molecule has 20 heavy (non-hydrogen) atoms. The van der Waals surface area contributed by atoms with Crippen molar-refractivity contribution in [3.05, 3.63) is 59.9 Å². The summed E-state index contributed by atoms with van der Waals surface area (Å²) >= 11 is 0. The molecule has 3 nitrogen and oxygen atoms in total. The Balaban J connectivity index is 1.94. The van der Waals surface area contributed by atoms with E-state index in [1.165, 1.54) is 12.1 Å². The number of hydrogen-bond donors (Lipinski definition) is 1. The fourth-order valence-corrected chi connectivity index (χ4v) is 1.61. The van der Waals surface area contributed by atoms with Crippen molar-refractivity contribution in [1.29, 1.82) is 0 Å². The molecule has 1 heterocycles. The summed E-state index contributed by atoms with van der Waals surface area (Å²) in [4.78, 5) is 4.08. The fourth-order valence-electron chi connectivity index (χ4n) is 1.61. The average molecular weight is 282 g/mol. The first-order valence-corrected chi connectivity index (χ1v) is 5.93. The van der Waals surface area contributed by atoms with Gasteiger partial charge in [-0.1, -0.05) is 6.07 Å². The highest BCUT2D eigenvalue weighted by Gasteiger charge is 2.30. The summed E-state index contributed by atoms with van der Waals surface area (Å²) in [6.07, 6.45) is -2.73. The minimum atomic E-state index is -4.34. The Morgan fingerprint density at radius 3 is 2.35 bits per heavy atom. The lowest BCUT2D eigenvalue weighted by atomic mass is 10.2. The Bertz CT molecular complexity index is 541. The second-order valence-electron chi connectivity index (χ2n) is 4.19. The maximum atomic E-state index is 12.4. The Labute approximate surface area is 114 Å².